The van der Waals surface area contributed by atoms with Crippen molar-refractivity contribution in [2.75, 3.05) is 11.1 Å². The Morgan fingerprint density at radius 3 is 2.96 bits per heavy atom. The van der Waals surface area contributed by atoms with Crippen LogP contribution in [-0.2, 0) is 17.8 Å². The average molecular weight is 376 g/mol. The lowest BCUT2D eigenvalue weighted by molar-refractivity contribution is -0.115. The Morgan fingerprint density at radius 2 is 2.16 bits per heavy atom. The molecule has 1 N–H and O–H groups in total. The van der Waals surface area contributed by atoms with Crippen molar-refractivity contribution in [3.05, 3.63) is 58.8 Å². The Hall–Kier alpha value is -2.19. The summed E-state index contributed by atoms with van der Waals surface area (Å²) in [6.07, 6.45) is 2.91. The van der Waals surface area contributed by atoms with E-state index in [1.54, 1.807) is 35.9 Å². The van der Waals surface area contributed by atoms with Gasteiger partial charge in [-0.1, -0.05) is 30.0 Å². The van der Waals surface area contributed by atoms with E-state index in [9.17, 15) is 9.18 Å². The van der Waals surface area contributed by atoms with E-state index in [0.717, 1.165) is 18.1 Å². The third-order valence-corrected chi connectivity index (χ3v) is 5.39. The number of carbonyl (C=O) groups is 1. The highest BCUT2D eigenvalue weighted by atomic mass is 32.2. The molecule has 0 radical (unpaired) electrons. The lowest BCUT2D eigenvalue weighted by Gasteiger charge is -2.07. The van der Waals surface area contributed by atoms with Gasteiger partial charge < -0.3 is 9.88 Å². The van der Waals surface area contributed by atoms with Crippen molar-refractivity contribution in [3.63, 3.8) is 0 Å². The van der Waals surface area contributed by atoms with Crippen LogP contribution in [0.15, 0.2) is 53.3 Å². The predicted octanol–water partition coefficient (Wildman–Crippen LogP) is 3.84. The molecule has 130 valence electrons. The summed E-state index contributed by atoms with van der Waals surface area (Å²) in [4.78, 5) is 13.2. The number of halogens is 1. The minimum Gasteiger partial charge on any atom is -0.324 e. The van der Waals surface area contributed by atoms with E-state index in [-0.39, 0.29) is 18.0 Å². The number of hydrogen-bond donors (Lipinski definition) is 1. The molecule has 0 saturated carbocycles. The number of aryl methyl sites for hydroxylation is 2. The first-order chi connectivity index (χ1) is 12.2. The maximum atomic E-state index is 13.5. The summed E-state index contributed by atoms with van der Waals surface area (Å²) in [6.45, 7) is 0.803. The Morgan fingerprint density at radius 1 is 1.28 bits per heavy atom. The fourth-order valence-corrected chi connectivity index (χ4v) is 3.78. The van der Waals surface area contributed by atoms with Crippen LogP contribution in [0.3, 0.4) is 0 Å². The van der Waals surface area contributed by atoms with Gasteiger partial charge in [-0.15, -0.1) is 21.5 Å². The van der Waals surface area contributed by atoms with Crippen LogP contribution in [0.25, 0.3) is 0 Å². The number of para-hydroxylation sites is 1. The zero-order chi connectivity index (χ0) is 17.5. The second-order valence-corrected chi connectivity index (χ2v) is 7.36. The van der Waals surface area contributed by atoms with Gasteiger partial charge in [0, 0.05) is 23.6 Å². The number of nitrogens with zero attached hydrogens (tertiary/aromatic N) is 3. The molecule has 2 aromatic heterocycles. The number of thiophene rings is 1. The number of nitrogens with one attached hydrogen (secondary N) is 1. The molecule has 0 aliphatic heterocycles. The van der Waals surface area contributed by atoms with Crippen molar-refractivity contribution in [2.45, 2.75) is 24.5 Å². The van der Waals surface area contributed by atoms with Crippen molar-refractivity contribution < 1.29 is 9.18 Å². The molecule has 25 heavy (non-hydrogen) atoms. The quantitative estimate of drug-likeness (QED) is 0.607. The average Bonchev–Trinajstić information content (AvgIpc) is 3.26. The predicted molar refractivity (Wildman–Crippen MR) is 98.4 cm³/mol. The van der Waals surface area contributed by atoms with E-state index in [0.29, 0.717) is 5.75 Å². The number of benzene rings is 1. The SMILES string of the molecule is O=C(CCSc1nncn1CCc1cccs1)Nc1ccccc1F. The first-order valence-corrected chi connectivity index (χ1v) is 9.66. The molecule has 2 heterocycles. The molecule has 1 amide bonds. The van der Waals surface area contributed by atoms with Crippen LogP contribution in [-0.4, -0.2) is 26.4 Å². The normalized spacial score (nSPS) is 10.8. The largest absolute Gasteiger partial charge is 0.324 e. The van der Waals surface area contributed by atoms with E-state index in [4.69, 9.17) is 0 Å². The summed E-state index contributed by atoms with van der Waals surface area (Å²) >= 11 is 3.20. The molecule has 1 aromatic carbocycles. The van der Waals surface area contributed by atoms with Crippen molar-refractivity contribution in [1.29, 1.82) is 0 Å². The monoisotopic (exact) mass is 376 g/mol. The number of thioether (sulfide) groups is 1. The minimum absolute atomic E-state index is 0.205. The number of hydrogen-bond acceptors (Lipinski definition) is 5. The van der Waals surface area contributed by atoms with E-state index in [1.165, 1.54) is 22.7 Å². The van der Waals surface area contributed by atoms with Crippen LogP contribution in [0.5, 0.6) is 0 Å². The second-order valence-electron chi connectivity index (χ2n) is 5.26. The molecule has 0 aliphatic carbocycles. The van der Waals surface area contributed by atoms with Gasteiger partial charge in [-0.2, -0.15) is 0 Å². The Bertz CT molecular complexity index is 820. The third kappa shape index (κ3) is 5.14. The first kappa shape index (κ1) is 17.6. The van der Waals surface area contributed by atoms with Gasteiger partial charge in [0.15, 0.2) is 5.16 Å². The van der Waals surface area contributed by atoms with Crippen LogP contribution in [0.4, 0.5) is 10.1 Å². The highest BCUT2D eigenvalue weighted by molar-refractivity contribution is 7.99. The van der Waals surface area contributed by atoms with Crippen LogP contribution in [0.1, 0.15) is 11.3 Å². The lowest BCUT2D eigenvalue weighted by Crippen LogP contribution is -2.13. The van der Waals surface area contributed by atoms with Crippen molar-refractivity contribution in [1.82, 2.24) is 14.8 Å². The summed E-state index contributed by atoms with van der Waals surface area (Å²) < 4.78 is 15.5. The highest BCUT2D eigenvalue weighted by Gasteiger charge is 2.09. The minimum atomic E-state index is -0.433. The van der Waals surface area contributed by atoms with E-state index in [2.05, 4.69) is 27.0 Å². The van der Waals surface area contributed by atoms with Gasteiger partial charge in [-0.25, -0.2) is 4.39 Å². The summed E-state index contributed by atoms with van der Waals surface area (Å²) in [7, 11) is 0. The fourth-order valence-electron chi connectivity index (χ4n) is 2.21. The van der Waals surface area contributed by atoms with Gasteiger partial charge in [-0.3, -0.25) is 4.79 Å². The molecule has 0 spiro atoms. The molecule has 5 nitrogen and oxygen atoms in total. The summed E-state index contributed by atoms with van der Waals surface area (Å²) in [5, 5.41) is 13.5. The molecule has 3 aromatic rings. The van der Waals surface area contributed by atoms with Crippen molar-refractivity contribution in [3.8, 4) is 0 Å². The van der Waals surface area contributed by atoms with Gasteiger partial charge in [-0.05, 0) is 30.0 Å². The smallest absolute Gasteiger partial charge is 0.225 e. The van der Waals surface area contributed by atoms with Gasteiger partial charge in [0.25, 0.3) is 0 Å². The number of amides is 1. The Labute approximate surface area is 153 Å². The zero-order valence-electron chi connectivity index (χ0n) is 13.4. The van der Waals surface area contributed by atoms with Crippen LogP contribution in [0, 0.1) is 5.82 Å². The van der Waals surface area contributed by atoms with Gasteiger partial charge in [0.05, 0.1) is 5.69 Å². The second kappa shape index (κ2) is 8.77. The molecule has 0 bridgehead atoms. The van der Waals surface area contributed by atoms with Crippen LogP contribution >= 0.6 is 23.1 Å². The summed E-state index contributed by atoms with van der Waals surface area (Å²) in [5.41, 5.74) is 0.205. The Balaban J connectivity index is 1.45. The third-order valence-electron chi connectivity index (χ3n) is 3.47. The molecule has 0 fully saturated rings. The molecule has 0 saturated heterocycles. The fraction of sp³-hybridized carbons (Fsp3) is 0.235. The number of carbonyl (C=O) groups excluding carboxylic acids is 1. The van der Waals surface area contributed by atoms with Crippen molar-refractivity contribution in [2.24, 2.45) is 0 Å². The highest BCUT2D eigenvalue weighted by Crippen LogP contribution is 2.18. The topological polar surface area (TPSA) is 59.8 Å². The van der Waals surface area contributed by atoms with Gasteiger partial charge in [0.1, 0.15) is 12.1 Å². The molecule has 0 aliphatic rings. The standard InChI is InChI=1S/C17H17FN4OS2/c18-14-5-1-2-6-15(14)20-16(23)8-11-25-17-21-19-12-22(17)9-7-13-4-3-10-24-13/h1-6,10,12H,7-9,11H2,(H,20,23). The van der Waals surface area contributed by atoms with E-state index < -0.39 is 5.82 Å². The zero-order valence-corrected chi connectivity index (χ0v) is 15.0. The molecular weight excluding hydrogens is 359 g/mol. The summed E-state index contributed by atoms with van der Waals surface area (Å²) in [5.74, 6) is -0.100. The van der Waals surface area contributed by atoms with Gasteiger partial charge >= 0.3 is 0 Å². The van der Waals surface area contributed by atoms with Crippen LogP contribution in [0.2, 0.25) is 0 Å². The molecule has 0 unspecified atom stereocenters. The van der Waals surface area contributed by atoms with E-state index >= 15 is 0 Å². The lowest BCUT2D eigenvalue weighted by atomic mass is 10.3. The van der Waals surface area contributed by atoms with Gasteiger partial charge in [0.2, 0.25) is 5.91 Å². The number of rotatable bonds is 8. The van der Waals surface area contributed by atoms with E-state index in [1.807, 2.05) is 10.6 Å². The van der Waals surface area contributed by atoms with Crippen molar-refractivity contribution >= 4 is 34.7 Å². The summed E-state index contributed by atoms with van der Waals surface area (Å²) in [6, 6.07) is 10.3. The molecule has 3 rings (SSSR count). The number of anilines is 1. The van der Waals surface area contributed by atoms with Crippen LogP contribution < -0.4 is 5.32 Å². The number of aromatic nitrogens is 3. The maximum Gasteiger partial charge on any atom is 0.225 e. The molecule has 0 atom stereocenters. The first-order valence-electron chi connectivity index (χ1n) is 7.80. The maximum absolute atomic E-state index is 13.5. The molecular formula is C17H17FN4OS2. The molecule has 8 heteroatoms. The Kier molecular flexibility index (Phi) is 6.19.